The largest absolute Gasteiger partial charge is 0.346 e. The molecule has 0 saturated carbocycles. The molecule has 0 aliphatic carbocycles. The maximum Gasteiger partial charge on any atom is 0.271 e. The molecule has 0 unspecified atom stereocenters. The number of amides is 1. The van der Waals surface area contributed by atoms with E-state index in [9.17, 15) is 4.79 Å². The van der Waals surface area contributed by atoms with E-state index in [1.165, 1.54) is 6.20 Å². The zero-order valence-corrected chi connectivity index (χ0v) is 10.0. The molecule has 0 fully saturated rings. The molecule has 0 saturated heterocycles. The molecule has 2 aromatic heterocycles. The maximum atomic E-state index is 11.7. The van der Waals surface area contributed by atoms with Crippen LogP contribution in [0.25, 0.3) is 0 Å². The predicted octanol–water partition coefficient (Wildman–Crippen LogP) is 1.21. The first kappa shape index (κ1) is 11.7. The van der Waals surface area contributed by atoms with E-state index in [-0.39, 0.29) is 11.6 Å². The predicted molar refractivity (Wildman–Crippen MR) is 62.7 cm³/mol. The lowest BCUT2D eigenvalue weighted by molar-refractivity contribution is 0.0946. The number of nitrogens with zero attached hydrogens (tertiary/aromatic N) is 3. The van der Waals surface area contributed by atoms with Crippen molar-refractivity contribution in [3.05, 3.63) is 34.9 Å². The summed E-state index contributed by atoms with van der Waals surface area (Å²) in [6, 6.07) is 0. The fourth-order valence-corrected chi connectivity index (χ4v) is 1.55. The van der Waals surface area contributed by atoms with E-state index in [0.29, 0.717) is 11.6 Å². The first-order valence-electron chi connectivity index (χ1n) is 5.19. The fraction of sp³-hybridized carbons (Fsp3) is 0.300. The van der Waals surface area contributed by atoms with Gasteiger partial charge in [-0.1, -0.05) is 11.6 Å². The molecule has 0 aliphatic heterocycles. The third kappa shape index (κ3) is 2.65. The summed E-state index contributed by atoms with van der Waals surface area (Å²) >= 11 is 5.77. The molecule has 2 rings (SSSR count). The van der Waals surface area contributed by atoms with Crippen LogP contribution in [0.2, 0.25) is 5.02 Å². The molecule has 2 heterocycles. The molecule has 0 atom stereocenters. The van der Waals surface area contributed by atoms with E-state index in [2.05, 4.69) is 20.6 Å². The number of aryl methyl sites for hydroxylation is 1. The van der Waals surface area contributed by atoms with Crippen LogP contribution in [-0.4, -0.2) is 25.9 Å². The van der Waals surface area contributed by atoms with Crippen molar-refractivity contribution >= 4 is 17.5 Å². The summed E-state index contributed by atoms with van der Waals surface area (Å²) in [4.78, 5) is 11.7. The Labute approximate surface area is 103 Å². The molecule has 0 radical (unpaired) electrons. The number of hydrogen-bond acceptors (Lipinski definition) is 3. The fourth-order valence-electron chi connectivity index (χ4n) is 1.37. The molecule has 7 heteroatoms. The standard InChI is InChI=1S/C10H12ClN5O/c1-2-16-6-7(4-14-16)3-12-10(17)9-8(11)5-13-15-9/h4-6H,2-3H2,1H3,(H,12,17)(H,13,15). The highest BCUT2D eigenvalue weighted by Crippen LogP contribution is 2.11. The van der Waals surface area contributed by atoms with Crippen LogP contribution in [0, 0.1) is 0 Å². The zero-order chi connectivity index (χ0) is 12.3. The summed E-state index contributed by atoms with van der Waals surface area (Å²) in [5.41, 5.74) is 1.21. The highest BCUT2D eigenvalue weighted by atomic mass is 35.5. The molecule has 6 nitrogen and oxygen atoms in total. The van der Waals surface area contributed by atoms with Crippen LogP contribution in [-0.2, 0) is 13.1 Å². The van der Waals surface area contributed by atoms with Gasteiger partial charge in [-0.3, -0.25) is 14.6 Å². The second-order valence-corrected chi connectivity index (χ2v) is 3.89. The van der Waals surface area contributed by atoms with Gasteiger partial charge >= 0.3 is 0 Å². The van der Waals surface area contributed by atoms with E-state index < -0.39 is 0 Å². The average Bonchev–Trinajstić information content (AvgIpc) is 2.94. The molecule has 0 spiro atoms. The Kier molecular flexibility index (Phi) is 3.43. The SMILES string of the molecule is CCn1cc(CNC(=O)c2[nH]ncc2Cl)cn1. The summed E-state index contributed by atoms with van der Waals surface area (Å²) in [6.45, 7) is 3.22. The van der Waals surface area contributed by atoms with Crippen molar-refractivity contribution in [2.24, 2.45) is 0 Å². The molecular weight excluding hydrogens is 242 g/mol. The van der Waals surface area contributed by atoms with Gasteiger partial charge in [0.05, 0.1) is 17.4 Å². The Morgan fingerprint density at radius 1 is 1.59 bits per heavy atom. The van der Waals surface area contributed by atoms with Crippen LogP contribution < -0.4 is 5.32 Å². The third-order valence-corrected chi connectivity index (χ3v) is 2.57. The van der Waals surface area contributed by atoms with Gasteiger partial charge in [0.25, 0.3) is 5.91 Å². The number of halogens is 1. The number of H-pyrrole nitrogens is 1. The Balaban J connectivity index is 1.94. The molecule has 1 amide bonds. The minimum Gasteiger partial charge on any atom is -0.346 e. The van der Waals surface area contributed by atoms with E-state index in [0.717, 1.165) is 12.1 Å². The van der Waals surface area contributed by atoms with E-state index >= 15 is 0 Å². The molecule has 0 aliphatic rings. The van der Waals surface area contributed by atoms with Crippen LogP contribution in [0.4, 0.5) is 0 Å². The summed E-state index contributed by atoms with van der Waals surface area (Å²) < 4.78 is 1.80. The lowest BCUT2D eigenvalue weighted by Gasteiger charge is -2.01. The van der Waals surface area contributed by atoms with Gasteiger partial charge in [-0.25, -0.2) is 0 Å². The summed E-state index contributed by atoms with van der Waals surface area (Å²) in [5, 5.41) is 13.4. The zero-order valence-electron chi connectivity index (χ0n) is 9.27. The van der Waals surface area contributed by atoms with Gasteiger partial charge in [0, 0.05) is 24.8 Å². The summed E-state index contributed by atoms with van der Waals surface area (Å²) in [6.07, 6.45) is 5.00. The molecule has 90 valence electrons. The molecule has 0 bridgehead atoms. The van der Waals surface area contributed by atoms with Gasteiger partial charge in [0.15, 0.2) is 0 Å². The number of aromatic amines is 1. The number of carbonyl (C=O) groups is 1. The van der Waals surface area contributed by atoms with Gasteiger partial charge in [0.1, 0.15) is 5.69 Å². The lowest BCUT2D eigenvalue weighted by Crippen LogP contribution is -2.23. The second kappa shape index (κ2) is 5.01. The number of aromatic nitrogens is 4. The van der Waals surface area contributed by atoms with Crippen molar-refractivity contribution in [1.29, 1.82) is 0 Å². The topological polar surface area (TPSA) is 75.6 Å². The van der Waals surface area contributed by atoms with E-state index in [1.807, 2.05) is 13.1 Å². The van der Waals surface area contributed by atoms with Crippen LogP contribution in [0.1, 0.15) is 23.0 Å². The maximum absolute atomic E-state index is 11.7. The molecule has 17 heavy (non-hydrogen) atoms. The Hall–Kier alpha value is -1.82. The van der Waals surface area contributed by atoms with Crippen molar-refractivity contribution in [2.75, 3.05) is 0 Å². The first-order valence-corrected chi connectivity index (χ1v) is 5.57. The Bertz CT molecular complexity index is 518. The minimum atomic E-state index is -0.281. The third-order valence-electron chi connectivity index (χ3n) is 2.28. The molecule has 0 aromatic carbocycles. The second-order valence-electron chi connectivity index (χ2n) is 3.48. The van der Waals surface area contributed by atoms with E-state index in [4.69, 9.17) is 11.6 Å². The number of carbonyl (C=O) groups excluding carboxylic acids is 1. The minimum absolute atomic E-state index is 0.273. The lowest BCUT2D eigenvalue weighted by atomic mass is 10.3. The van der Waals surface area contributed by atoms with Crippen molar-refractivity contribution in [2.45, 2.75) is 20.0 Å². The van der Waals surface area contributed by atoms with Gasteiger partial charge in [-0.15, -0.1) is 0 Å². The highest BCUT2D eigenvalue weighted by molar-refractivity contribution is 6.33. The van der Waals surface area contributed by atoms with Crippen molar-refractivity contribution < 1.29 is 4.79 Å². The van der Waals surface area contributed by atoms with Crippen LogP contribution >= 0.6 is 11.6 Å². The van der Waals surface area contributed by atoms with Crippen LogP contribution in [0.15, 0.2) is 18.6 Å². The average molecular weight is 254 g/mol. The quantitative estimate of drug-likeness (QED) is 0.860. The normalized spacial score (nSPS) is 10.5. The summed E-state index contributed by atoms with van der Waals surface area (Å²) in [7, 11) is 0. The van der Waals surface area contributed by atoms with Gasteiger partial charge < -0.3 is 5.32 Å². The van der Waals surface area contributed by atoms with Crippen molar-refractivity contribution in [1.82, 2.24) is 25.3 Å². The molecule has 2 N–H and O–H groups in total. The smallest absolute Gasteiger partial charge is 0.271 e. The first-order chi connectivity index (χ1) is 8.20. The van der Waals surface area contributed by atoms with Crippen molar-refractivity contribution in [3.63, 3.8) is 0 Å². The van der Waals surface area contributed by atoms with Crippen molar-refractivity contribution in [3.8, 4) is 0 Å². The van der Waals surface area contributed by atoms with E-state index in [1.54, 1.807) is 10.9 Å². The van der Waals surface area contributed by atoms with Gasteiger partial charge in [0.2, 0.25) is 0 Å². The van der Waals surface area contributed by atoms with Crippen LogP contribution in [0.3, 0.4) is 0 Å². The van der Waals surface area contributed by atoms with Crippen LogP contribution in [0.5, 0.6) is 0 Å². The number of hydrogen-bond donors (Lipinski definition) is 2. The van der Waals surface area contributed by atoms with Gasteiger partial charge in [-0.2, -0.15) is 10.2 Å². The Morgan fingerprint density at radius 3 is 3.00 bits per heavy atom. The summed E-state index contributed by atoms with van der Waals surface area (Å²) in [5.74, 6) is -0.281. The highest BCUT2D eigenvalue weighted by Gasteiger charge is 2.11. The Morgan fingerprint density at radius 2 is 2.41 bits per heavy atom. The van der Waals surface area contributed by atoms with Gasteiger partial charge in [-0.05, 0) is 6.92 Å². The molecule has 2 aromatic rings. The number of rotatable bonds is 4. The monoisotopic (exact) mass is 253 g/mol. The number of nitrogens with one attached hydrogen (secondary N) is 2. The molecular formula is C10H12ClN5O.